The molecule has 5 nitrogen and oxygen atoms in total. The number of carboxylic acid groups (broad SMARTS) is 1. The molecule has 0 fully saturated rings. The van der Waals surface area contributed by atoms with Crippen molar-refractivity contribution in [3.05, 3.63) is 11.9 Å². The summed E-state index contributed by atoms with van der Waals surface area (Å²) in [5.41, 5.74) is 0.845. The zero-order valence-corrected chi connectivity index (χ0v) is 7.06. The molecule has 1 rings (SSSR count). The molecule has 0 atom stereocenters. The lowest BCUT2D eigenvalue weighted by Gasteiger charge is -2.04. The number of hydrogen-bond acceptors (Lipinski definition) is 3. The van der Waals surface area contributed by atoms with Crippen LogP contribution in [0.1, 0.15) is 25.5 Å². The predicted molar refractivity (Wildman–Crippen MR) is 41.7 cm³/mol. The zero-order chi connectivity index (χ0) is 9.14. The SMILES string of the molecule is CC(C)c1cnnn1CC(=O)O. The number of nitrogens with zero attached hydrogens (tertiary/aromatic N) is 3. The van der Waals surface area contributed by atoms with E-state index in [0.717, 1.165) is 5.69 Å². The van der Waals surface area contributed by atoms with Crippen LogP contribution in [0.15, 0.2) is 6.20 Å². The third-order valence-corrected chi connectivity index (χ3v) is 1.52. The van der Waals surface area contributed by atoms with Gasteiger partial charge in [-0.2, -0.15) is 0 Å². The molecule has 12 heavy (non-hydrogen) atoms. The van der Waals surface area contributed by atoms with Crippen LogP contribution in [-0.4, -0.2) is 26.1 Å². The molecule has 5 heteroatoms. The van der Waals surface area contributed by atoms with Crippen LogP contribution in [0.4, 0.5) is 0 Å². The Balaban J connectivity index is 2.84. The van der Waals surface area contributed by atoms with Gasteiger partial charge in [0.15, 0.2) is 0 Å². The molecule has 0 bridgehead atoms. The van der Waals surface area contributed by atoms with Gasteiger partial charge in [0.2, 0.25) is 0 Å². The van der Waals surface area contributed by atoms with Gasteiger partial charge in [-0.05, 0) is 5.92 Å². The highest BCUT2D eigenvalue weighted by Crippen LogP contribution is 2.11. The maximum absolute atomic E-state index is 10.4. The van der Waals surface area contributed by atoms with Gasteiger partial charge in [-0.1, -0.05) is 19.1 Å². The Morgan fingerprint density at radius 2 is 2.42 bits per heavy atom. The third-order valence-electron chi connectivity index (χ3n) is 1.52. The molecule has 1 heterocycles. The van der Waals surface area contributed by atoms with Crippen LogP contribution in [-0.2, 0) is 11.3 Å². The number of carbonyl (C=O) groups is 1. The maximum Gasteiger partial charge on any atom is 0.325 e. The monoisotopic (exact) mass is 169 g/mol. The van der Waals surface area contributed by atoms with Crippen LogP contribution < -0.4 is 0 Å². The Hall–Kier alpha value is -1.39. The molecule has 1 aromatic rings. The van der Waals surface area contributed by atoms with E-state index in [9.17, 15) is 4.79 Å². The predicted octanol–water partition coefficient (Wildman–Crippen LogP) is 0.486. The van der Waals surface area contributed by atoms with Crippen molar-refractivity contribution in [2.45, 2.75) is 26.3 Å². The fourth-order valence-corrected chi connectivity index (χ4v) is 0.964. The van der Waals surface area contributed by atoms with Gasteiger partial charge in [-0.3, -0.25) is 4.79 Å². The highest BCUT2D eigenvalue weighted by Gasteiger charge is 2.09. The molecule has 0 spiro atoms. The van der Waals surface area contributed by atoms with Crippen molar-refractivity contribution in [1.29, 1.82) is 0 Å². The van der Waals surface area contributed by atoms with Gasteiger partial charge in [0.1, 0.15) is 6.54 Å². The van der Waals surface area contributed by atoms with E-state index in [0.29, 0.717) is 0 Å². The minimum atomic E-state index is -0.901. The van der Waals surface area contributed by atoms with E-state index in [1.165, 1.54) is 4.68 Å². The van der Waals surface area contributed by atoms with Crippen molar-refractivity contribution >= 4 is 5.97 Å². The quantitative estimate of drug-likeness (QED) is 0.714. The summed E-state index contributed by atoms with van der Waals surface area (Å²) in [5.74, 6) is -0.651. The first-order valence-corrected chi connectivity index (χ1v) is 3.71. The molecule has 1 N–H and O–H groups in total. The summed E-state index contributed by atoms with van der Waals surface area (Å²) in [6.45, 7) is 3.82. The van der Waals surface area contributed by atoms with Gasteiger partial charge < -0.3 is 5.11 Å². The Labute approximate surface area is 70.0 Å². The van der Waals surface area contributed by atoms with Gasteiger partial charge in [-0.15, -0.1) is 5.10 Å². The van der Waals surface area contributed by atoms with Crippen LogP contribution in [0, 0.1) is 0 Å². The first-order chi connectivity index (χ1) is 5.61. The summed E-state index contributed by atoms with van der Waals surface area (Å²) in [5, 5.41) is 15.8. The smallest absolute Gasteiger partial charge is 0.325 e. The molecule has 0 aliphatic carbocycles. The number of rotatable bonds is 3. The highest BCUT2D eigenvalue weighted by molar-refractivity contribution is 5.66. The van der Waals surface area contributed by atoms with E-state index in [1.54, 1.807) is 6.20 Å². The summed E-state index contributed by atoms with van der Waals surface area (Å²) in [4.78, 5) is 10.4. The van der Waals surface area contributed by atoms with Crippen molar-refractivity contribution in [3.8, 4) is 0 Å². The van der Waals surface area contributed by atoms with Crippen LogP contribution in [0.3, 0.4) is 0 Å². The number of hydrogen-bond donors (Lipinski definition) is 1. The Kier molecular flexibility index (Phi) is 2.42. The summed E-state index contributed by atoms with van der Waals surface area (Å²) < 4.78 is 1.40. The number of aliphatic carboxylic acids is 1. The fraction of sp³-hybridized carbons (Fsp3) is 0.571. The maximum atomic E-state index is 10.4. The Morgan fingerprint density at radius 1 is 1.75 bits per heavy atom. The number of aromatic nitrogens is 3. The van der Waals surface area contributed by atoms with Gasteiger partial charge in [0.05, 0.1) is 11.9 Å². The summed E-state index contributed by atoms with van der Waals surface area (Å²) in [6.07, 6.45) is 1.59. The van der Waals surface area contributed by atoms with Crippen LogP contribution in [0.2, 0.25) is 0 Å². The standard InChI is InChI=1S/C7H11N3O2/c1-5(2)6-3-8-9-10(6)4-7(11)12/h3,5H,4H2,1-2H3,(H,11,12). The second-order valence-electron chi connectivity index (χ2n) is 2.86. The van der Waals surface area contributed by atoms with Crippen LogP contribution >= 0.6 is 0 Å². The zero-order valence-electron chi connectivity index (χ0n) is 7.06. The average Bonchev–Trinajstić information content (AvgIpc) is 2.33. The lowest BCUT2D eigenvalue weighted by Crippen LogP contribution is -2.13. The molecule has 0 radical (unpaired) electrons. The summed E-state index contributed by atoms with van der Waals surface area (Å²) in [7, 11) is 0. The van der Waals surface area contributed by atoms with E-state index in [4.69, 9.17) is 5.11 Å². The molecule has 1 aromatic heterocycles. The van der Waals surface area contributed by atoms with E-state index in [2.05, 4.69) is 10.3 Å². The summed E-state index contributed by atoms with van der Waals surface area (Å²) >= 11 is 0. The van der Waals surface area contributed by atoms with Crippen molar-refractivity contribution in [1.82, 2.24) is 15.0 Å². The first kappa shape index (κ1) is 8.70. The van der Waals surface area contributed by atoms with E-state index >= 15 is 0 Å². The van der Waals surface area contributed by atoms with Gasteiger partial charge in [0.25, 0.3) is 0 Å². The molecule has 0 saturated carbocycles. The fourth-order valence-electron chi connectivity index (χ4n) is 0.964. The lowest BCUT2D eigenvalue weighted by atomic mass is 10.1. The van der Waals surface area contributed by atoms with Crippen LogP contribution in [0.5, 0.6) is 0 Å². The largest absolute Gasteiger partial charge is 0.480 e. The van der Waals surface area contributed by atoms with Gasteiger partial charge >= 0.3 is 5.97 Å². The molecule has 0 unspecified atom stereocenters. The van der Waals surface area contributed by atoms with Crippen molar-refractivity contribution in [2.24, 2.45) is 0 Å². The van der Waals surface area contributed by atoms with E-state index < -0.39 is 5.97 Å². The first-order valence-electron chi connectivity index (χ1n) is 3.71. The minimum Gasteiger partial charge on any atom is -0.480 e. The molecule has 0 aliphatic heterocycles. The van der Waals surface area contributed by atoms with E-state index in [-0.39, 0.29) is 12.5 Å². The molecule has 0 aromatic carbocycles. The Bertz CT molecular complexity index is 280. The molecular weight excluding hydrogens is 158 g/mol. The van der Waals surface area contributed by atoms with Crippen molar-refractivity contribution in [2.75, 3.05) is 0 Å². The lowest BCUT2D eigenvalue weighted by molar-refractivity contribution is -0.138. The molecule has 66 valence electrons. The van der Waals surface area contributed by atoms with Crippen molar-refractivity contribution in [3.63, 3.8) is 0 Å². The number of carboxylic acids is 1. The van der Waals surface area contributed by atoms with Crippen LogP contribution in [0.25, 0.3) is 0 Å². The van der Waals surface area contributed by atoms with E-state index in [1.807, 2.05) is 13.8 Å². The van der Waals surface area contributed by atoms with Gasteiger partial charge in [0, 0.05) is 0 Å². The van der Waals surface area contributed by atoms with Gasteiger partial charge in [-0.25, -0.2) is 4.68 Å². The molecule has 0 amide bonds. The minimum absolute atomic E-state index is 0.118. The average molecular weight is 169 g/mol. The highest BCUT2D eigenvalue weighted by atomic mass is 16.4. The second-order valence-corrected chi connectivity index (χ2v) is 2.86. The second kappa shape index (κ2) is 3.34. The summed E-state index contributed by atoms with van der Waals surface area (Å²) in [6, 6.07) is 0. The third kappa shape index (κ3) is 1.81. The molecule has 0 saturated heterocycles. The molecule has 0 aliphatic rings. The normalized spacial score (nSPS) is 10.6. The Morgan fingerprint density at radius 3 is 2.92 bits per heavy atom. The van der Waals surface area contributed by atoms with Crippen molar-refractivity contribution < 1.29 is 9.90 Å². The molecular formula is C7H11N3O2. The topological polar surface area (TPSA) is 68.0 Å².